The Morgan fingerprint density at radius 1 is 1.31 bits per heavy atom. The van der Waals surface area contributed by atoms with Gasteiger partial charge in [-0.3, -0.25) is 0 Å². The highest BCUT2D eigenvalue weighted by molar-refractivity contribution is 9.12. The van der Waals surface area contributed by atoms with Crippen molar-refractivity contribution in [1.82, 2.24) is 0 Å². The third-order valence-corrected chi connectivity index (χ3v) is 6.12. The molecule has 2 rings (SSSR count). The van der Waals surface area contributed by atoms with Crippen LogP contribution in [0, 0.1) is 6.92 Å². The summed E-state index contributed by atoms with van der Waals surface area (Å²) < 4.78 is 2.67. The van der Waals surface area contributed by atoms with Crippen molar-refractivity contribution in [3.63, 3.8) is 0 Å². The molecule has 0 aromatic carbocycles. The summed E-state index contributed by atoms with van der Waals surface area (Å²) in [5.74, 6) is 0. The molecule has 86 valence electrons. The van der Waals surface area contributed by atoms with Crippen LogP contribution in [0.4, 0.5) is 0 Å². The lowest BCUT2D eigenvalue weighted by atomic mass is 10.1. The molecule has 2 heterocycles. The van der Waals surface area contributed by atoms with Gasteiger partial charge in [0.05, 0.1) is 11.9 Å². The van der Waals surface area contributed by atoms with Gasteiger partial charge in [-0.1, -0.05) is 11.6 Å². The van der Waals surface area contributed by atoms with E-state index < -0.39 is 6.10 Å². The van der Waals surface area contributed by atoms with E-state index in [9.17, 15) is 5.11 Å². The summed E-state index contributed by atoms with van der Waals surface area (Å²) in [5, 5.41) is 10.2. The van der Waals surface area contributed by atoms with E-state index in [2.05, 4.69) is 31.9 Å². The van der Waals surface area contributed by atoms with E-state index in [1.54, 1.807) is 11.3 Å². The molecule has 1 unspecified atom stereocenters. The zero-order chi connectivity index (χ0) is 11.9. The summed E-state index contributed by atoms with van der Waals surface area (Å²) in [6.07, 6.45) is -0.617. The van der Waals surface area contributed by atoms with Gasteiger partial charge in [-0.05, 0) is 56.5 Å². The minimum absolute atomic E-state index is 0.617. The second-order valence-corrected chi connectivity index (χ2v) is 8.72. The van der Waals surface area contributed by atoms with Crippen LogP contribution < -0.4 is 0 Å². The molecule has 0 bridgehead atoms. The molecule has 1 atom stereocenters. The van der Waals surface area contributed by atoms with Crippen LogP contribution in [0.5, 0.6) is 0 Å². The maximum atomic E-state index is 10.2. The van der Waals surface area contributed by atoms with E-state index in [-0.39, 0.29) is 0 Å². The Balaban J connectivity index is 2.38. The van der Waals surface area contributed by atoms with Crippen LogP contribution in [0.1, 0.15) is 22.1 Å². The molecule has 6 heteroatoms. The smallest absolute Gasteiger partial charge is 0.115 e. The second kappa shape index (κ2) is 5.08. The molecular formula is C10H7Br2ClOS2. The van der Waals surface area contributed by atoms with E-state index >= 15 is 0 Å². The Morgan fingerprint density at radius 2 is 2.00 bits per heavy atom. The highest BCUT2D eigenvalue weighted by Crippen LogP contribution is 2.40. The SMILES string of the molecule is Cc1cc(C(O)c2cc(Br)sc2Br)sc1Cl. The van der Waals surface area contributed by atoms with Crippen LogP contribution in [0.25, 0.3) is 0 Å². The van der Waals surface area contributed by atoms with Crippen LogP contribution in [-0.4, -0.2) is 5.11 Å². The largest absolute Gasteiger partial charge is 0.383 e. The first kappa shape index (κ1) is 13.1. The second-order valence-electron chi connectivity index (χ2n) is 3.29. The minimum atomic E-state index is -0.617. The van der Waals surface area contributed by atoms with Crippen molar-refractivity contribution in [1.29, 1.82) is 0 Å². The first-order valence-corrected chi connectivity index (χ1v) is 7.97. The van der Waals surface area contributed by atoms with Crippen LogP contribution in [-0.2, 0) is 0 Å². The normalized spacial score (nSPS) is 13.1. The predicted molar refractivity (Wildman–Crippen MR) is 77.8 cm³/mol. The molecule has 1 N–H and O–H groups in total. The summed E-state index contributed by atoms with van der Waals surface area (Å²) in [7, 11) is 0. The molecule has 1 nitrogen and oxygen atoms in total. The molecule has 0 saturated heterocycles. The number of aliphatic hydroxyl groups excluding tert-OH is 1. The van der Waals surface area contributed by atoms with Gasteiger partial charge in [0.2, 0.25) is 0 Å². The Labute approximate surface area is 123 Å². The van der Waals surface area contributed by atoms with Crippen molar-refractivity contribution in [2.75, 3.05) is 0 Å². The molecule has 0 fully saturated rings. The van der Waals surface area contributed by atoms with Crippen molar-refractivity contribution in [2.24, 2.45) is 0 Å². The fourth-order valence-electron chi connectivity index (χ4n) is 1.31. The Bertz CT molecular complexity index is 501. The zero-order valence-corrected chi connectivity index (χ0v) is 13.7. The van der Waals surface area contributed by atoms with Crippen molar-refractivity contribution >= 4 is 66.1 Å². The topological polar surface area (TPSA) is 20.2 Å². The maximum Gasteiger partial charge on any atom is 0.115 e. The molecule has 0 aliphatic rings. The summed E-state index contributed by atoms with van der Waals surface area (Å²) in [5.41, 5.74) is 1.88. The van der Waals surface area contributed by atoms with Crippen LogP contribution in [0.3, 0.4) is 0 Å². The highest BCUT2D eigenvalue weighted by Gasteiger charge is 2.19. The van der Waals surface area contributed by atoms with Gasteiger partial charge in [0, 0.05) is 10.4 Å². The Morgan fingerprint density at radius 3 is 2.44 bits per heavy atom. The molecule has 2 aromatic heterocycles. The van der Waals surface area contributed by atoms with E-state index in [0.29, 0.717) is 0 Å². The summed E-state index contributed by atoms with van der Waals surface area (Å²) in [6.45, 7) is 1.94. The van der Waals surface area contributed by atoms with Gasteiger partial charge >= 0.3 is 0 Å². The number of aliphatic hydroxyl groups is 1. The van der Waals surface area contributed by atoms with Gasteiger partial charge in [-0.25, -0.2) is 0 Å². The van der Waals surface area contributed by atoms with E-state index in [0.717, 1.165) is 27.9 Å². The molecule has 0 spiro atoms. The van der Waals surface area contributed by atoms with Gasteiger partial charge in [-0.15, -0.1) is 22.7 Å². The number of rotatable bonds is 2. The molecule has 2 aromatic rings. The molecule has 0 aliphatic carbocycles. The van der Waals surface area contributed by atoms with Gasteiger partial charge in [-0.2, -0.15) is 0 Å². The zero-order valence-electron chi connectivity index (χ0n) is 8.13. The Kier molecular flexibility index (Phi) is 4.14. The first-order valence-electron chi connectivity index (χ1n) is 4.37. The fourth-order valence-corrected chi connectivity index (χ4v) is 5.42. The van der Waals surface area contributed by atoms with Gasteiger partial charge in [0.1, 0.15) is 6.10 Å². The van der Waals surface area contributed by atoms with Gasteiger partial charge in [0.25, 0.3) is 0 Å². The van der Waals surface area contributed by atoms with Crippen molar-refractivity contribution in [2.45, 2.75) is 13.0 Å². The third kappa shape index (κ3) is 2.54. The molecular weight excluding hydrogens is 396 g/mol. The van der Waals surface area contributed by atoms with Crippen LogP contribution in [0.2, 0.25) is 4.34 Å². The van der Waals surface area contributed by atoms with E-state index in [4.69, 9.17) is 11.6 Å². The monoisotopic (exact) mass is 400 g/mol. The van der Waals surface area contributed by atoms with Gasteiger partial charge < -0.3 is 5.11 Å². The molecule has 0 amide bonds. The average Bonchev–Trinajstić information content (AvgIpc) is 2.70. The standard InChI is InChI=1S/C10H7Br2ClOS2/c1-4-2-6(15-10(4)13)8(14)5-3-7(11)16-9(5)12/h2-3,8,14H,1H3. The first-order chi connectivity index (χ1) is 7.49. The predicted octanol–water partition coefficient (Wildman–Crippen LogP) is 5.38. The summed E-state index contributed by atoms with van der Waals surface area (Å²) >= 11 is 15.8. The highest BCUT2D eigenvalue weighted by atomic mass is 79.9. The molecule has 0 saturated carbocycles. The van der Waals surface area contributed by atoms with Crippen molar-refractivity contribution in [3.8, 4) is 0 Å². The number of halogens is 3. The number of aryl methyl sites for hydroxylation is 1. The van der Waals surface area contributed by atoms with Crippen molar-refractivity contribution < 1.29 is 5.11 Å². The summed E-state index contributed by atoms with van der Waals surface area (Å²) in [6, 6.07) is 3.85. The fraction of sp³-hybridized carbons (Fsp3) is 0.200. The molecule has 0 aliphatic heterocycles. The Hall–Kier alpha value is 0.610. The number of hydrogen-bond acceptors (Lipinski definition) is 3. The lowest BCUT2D eigenvalue weighted by Crippen LogP contribution is -1.95. The van der Waals surface area contributed by atoms with Crippen LogP contribution >= 0.6 is 66.1 Å². The maximum absolute atomic E-state index is 10.2. The lowest BCUT2D eigenvalue weighted by molar-refractivity contribution is 0.224. The molecule has 16 heavy (non-hydrogen) atoms. The van der Waals surface area contributed by atoms with Crippen molar-refractivity contribution in [3.05, 3.63) is 40.0 Å². The van der Waals surface area contributed by atoms with E-state index in [1.807, 2.05) is 19.1 Å². The van der Waals surface area contributed by atoms with Gasteiger partial charge in [0.15, 0.2) is 0 Å². The summed E-state index contributed by atoms with van der Waals surface area (Å²) in [4.78, 5) is 0.869. The third-order valence-electron chi connectivity index (χ3n) is 2.12. The van der Waals surface area contributed by atoms with Crippen LogP contribution in [0.15, 0.2) is 19.7 Å². The molecule has 0 radical (unpaired) electrons. The average molecular weight is 403 g/mol. The number of hydrogen-bond donors (Lipinski definition) is 1. The minimum Gasteiger partial charge on any atom is -0.383 e. The number of thiophene rings is 2. The lowest BCUT2D eigenvalue weighted by Gasteiger charge is -2.06. The van der Waals surface area contributed by atoms with E-state index in [1.165, 1.54) is 11.3 Å². The quantitative estimate of drug-likeness (QED) is 0.715.